The summed E-state index contributed by atoms with van der Waals surface area (Å²) >= 11 is 0. The van der Waals surface area contributed by atoms with Crippen LogP contribution in [0.1, 0.15) is 48.2 Å². The van der Waals surface area contributed by atoms with Crippen LogP contribution >= 0.6 is 0 Å². The Kier molecular flexibility index (Phi) is 8.48. The van der Waals surface area contributed by atoms with Crippen molar-refractivity contribution in [2.45, 2.75) is 52.7 Å². The average Bonchev–Trinajstić information content (AvgIpc) is 2.95. The van der Waals surface area contributed by atoms with Gasteiger partial charge in [0.25, 0.3) is 5.91 Å². The molecule has 0 saturated carbocycles. The highest BCUT2D eigenvalue weighted by Gasteiger charge is 2.25. The Morgan fingerprint density at radius 1 is 1.03 bits per heavy atom. The molecule has 1 aromatic heterocycles. The van der Waals surface area contributed by atoms with Gasteiger partial charge in [0.2, 0.25) is 5.88 Å². The summed E-state index contributed by atoms with van der Waals surface area (Å²) in [6, 6.07) is 16.4. The molecule has 0 radical (unpaired) electrons. The second-order valence-corrected chi connectivity index (χ2v) is 10.9. The van der Waals surface area contributed by atoms with E-state index in [2.05, 4.69) is 48.0 Å². The molecule has 2 saturated heterocycles. The predicted molar refractivity (Wildman–Crippen MR) is 157 cm³/mol. The third kappa shape index (κ3) is 6.60. The van der Waals surface area contributed by atoms with Gasteiger partial charge in [-0.05, 0) is 69.2 Å². The number of nitrogens with zero attached hydrogens (tertiary/aromatic N) is 3. The number of rotatable bonds is 7. The van der Waals surface area contributed by atoms with Crippen molar-refractivity contribution in [3.8, 4) is 17.0 Å². The summed E-state index contributed by atoms with van der Waals surface area (Å²) in [6.07, 6.45) is 3.78. The quantitative estimate of drug-likeness (QED) is 0.424. The van der Waals surface area contributed by atoms with Crippen LogP contribution in [0.4, 0.5) is 11.4 Å². The molecule has 0 bridgehead atoms. The molecule has 0 atom stereocenters. The SMILES string of the molecule is Cc1cccc(C(=O)Nc2ccc(C)c(-c3cnc(OC4CCOCC4)c(N4CCN(C(C)C)CC4)c3)c2)c1. The van der Waals surface area contributed by atoms with E-state index in [1.807, 2.05) is 49.5 Å². The van der Waals surface area contributed by atoms with E-state index in [0.717, 1.165) is 85.9 Å². The standard InChI is InChI=1S/C32H40N4O3/c1-22(2)35-12-14-36(15-13-35)30-19-26(21-33-32(30)39-28-10-16-38-17-11-28)29-20-27(9-8-24(29)4)34-31(37)25-7-5-6-23(3)18-25/h5-9,18-22,28H,10-17H2,1-4H3,(H,34,37). The zero-order chi connectivity index (χ0) is 27.4. The first-order valence-electron chi connectivity index (χ1n) is 14.1. The molecule has 1 N–H and O–H groups in total. The lowest BCUT2D eigenvalue weighted by atomic mass is 10.0. The van der Waals surface area contributed by atoms with Gasteiger partial charge >= 0.3 is 0 Å². The molecule has 39 heavy (non-hydrogen) atoms. The summed E-state index contributed by atoms with van der Waals surface area (Å²) in [6.45, 7) is 13.9. The second-order valence-electron chi connectivity index (χ2n) is 10.9. The van der Waals surface area contributed by atoms with Gasteiger partial charge in [0.05, 0.1) is 13.2 Å². The Morgan fingerprint density at radius 2 is 1.79 bits per heavy atom. The van der Waals surface area contributed by atoms with Gasteiger partial charge in [0.15, 0.2) is 0 Å². The number of benzene rings is 2. The summed E-state index contributed by atoms with van der Waals surface area (Å²) in [4.78, 5) is 22.7. The zero-order valence-corrected chi connectivity index (χ0v) is 23.6. The molecule has 206 valence electrons. The molecular weight excluding hydrogens is 488 g/mol. The topological polar surface area (TPSA) is 66.9 Å². The fourth-order valence-corrected chi connectivity index (χ4v) is 5.34. The van der Waals surface area contributed by atoms with Crippen LogP contribution in [0.5, 0.6) is 5.88 Å². The summed E-state index contributed by atoms with van der Waals surface area (Å²) < 4.78 is 12.0. The van der Waals surface area contributed by atoms with Crippen LogP contribution in [-0.4, -0.2) is 67.3 Å². The summed E-state index contributed by atoms with van der Waals surface area (Å²) in [5.74, 6) is 0.584. The lowest BCUT2D eigenvalue weighted by Gasteiger charge is -2.38. The monoisotopic (exact) mass is 528 g/mol. The van der Waals surface area contributed by atoms with Crippen molar-refractivity contribution in [3.05, 3.63) is 71.4 Å². The van der Waals surface area contributed by atoms with Crippen LogP contribution in [0, 0.1) is 13.8 Å². The van der Waals surface area contributed by atoms with Crippen LogP contribution in [0.2, 0.25) is 0 Å². The third-order valence-corrected chi connectivity index (χ3v) is 7.75. The van der Waals surface area contributed by atoms with Crippen molar-refractivity contribution in [1.82, 2.24) is 9.88 Å². The lowest BCUT2D eigenvalue weighted by Crippen LogP contribution is -2.49. The maximum absolute atomic E-state index is 12.9. The number of piperazine rings is 1. The molecule has 2 aromatic carbocycles. The fraction of sp³-hybridized carbons (Fsp3) is 0.438. The fourth-order valence-electron chi connectivity index (χ4n) is 5.34. The number of carbonyl (C=O) groups is 1. The van der Waals surface area contributed by atoms with Gasteiger partial charge in [0.1, 0.15) is 11.8 Å². The van der Waals surface area contributed by atoms with E-state index in [1.165, 1.54) is 0 Å². The Labute approximate surface area is 232 Å². The normalized spacial score (nSPS) is 16.9. The van der Waals surface area contributed by atoms with E-state index in [4.69, 9.17) is 14.5 Å². The van der Waals surface area contributed by atoms with Crippen LogP contribution in [0.15, 0.2) is 54.7 Å². The molecule has 7 heteroatoms. The summed E-state index contributed by atoms with van der Waals surface area (Å²) in [7, 11) is 0. The number of pyridine rings is 1. The van der Waals surface area contributed by atoms with E-state index in [9.17, 15) is 4.79 Å². The van der Waals surface area contributed by atoms with Crippen LogP contribution in [0.25, 0.3) is 11.1 Å². The third-order valence-electron chi connectivity index (χ3n) is 7.75. The molecule has 2 aliphatic heterocycles. The molecule has 0 spiro atoms. The number of nitrogens with one attached hydrogen (secondary N) is 1. The Hall–Kier alpha value is -3.42. The maximum atomic E-state index is 12.9. The van der Waals surface area contributed by atoms with Gasteiger partial charge in [-0.2, -0.15) is 0 Å². The molecule has 2 aliphatic rings. The van der Waals surface area contributed by atoms with Gasteiger partial charge in [-0.15, -0.1) is 0 Å². The minimum absolute atomic E-state index is 0.115. The van der Waals surface area contributed by atoms with Gasteiger partial charge in [-0.3, -0.25) is 9.69 Å². The molecule has 3 heterocycles. The van der Waals surface area contributed by atoms with E-state index in [-0.39, 0.29) is 12.0 Å². The second kappa shape index (κ2) is 12.2. The Bertz CT molecular complexity index is 1290. The van der Waals surface area contributed by atoms with Gasteiger partial charge in [-0.25, -0.2) is 4.98 Å². The molecule has 3 aromatic rings. The molecule has 7 nitrogen and oxygen atoms in total. The minimum Gasteiger partial charge on any atom is -0.473 e. The Morgan fingerprint density at radius 3 is 2.51 bits per heavy atom. The van der Waals surface area contributed by atoms with Crippen molar-refractivity contribution < 1.29 is 14.3 Å². The molecule has 0 aliphatic carbocycles. The molecule has 2 fully saturated rings. The van der Waals surface area contributed by atoms with E-state index < -0.39 is 0 Å². The number of aromatic nitrogens is 1. The van der Waals surface area contributed by atoms with Crippen molar-refractivity contribution in [1.29, 1.82) is 0 Å². The van der Waals surface area contributed by atoms with Gasteiger partial charge in [-0.1, -0.05) is 23.8 Å². The average molecular weight is 529 g/mol. The highest BCUT2D eigenvalue weighted by Crippen LogP contribution is 2.35. The number of amides is 1. The summed E-state index contributed by atoms with van der Waals surface area (Å²) in [5, 5.41) is 3.07. The highest BCUT2D eigenvalue weighted by atomic mass is 16.5. The largest absolute Gasteiger partial charge is 0.473 e. The van der Waals surface area contributed by atoms with Crippen molar-refractivity contribution in [2.24, 2.45) is 0 Å². The van der Waals surface area contributed by atoms with E-state index in [1.54, 1.807) is 0 Å². The number of ether oxygens (including phenoxy) is 2. The van der Waals surface area contributed by atoms with E-state index >= 15 is 0 Å². The first kappa shape index (κ1) is 27.2. The van der Waals surface area contributed by atoms with Crippen LogP contribution in [0.3, 0.4) is 0 Å². The molecule has 1 amide bonds. The first-order chi connectivity index (χ1) is 18.9. The minimum atomic E-state index is -0.115. The number of hydrogen-bond acceptors (Lipinski definition) is 6. The Balaban J connectivity index is 1.43. The molecule has 5 rings (SSSR count). The number of aryl methyl sites for hydroxylation is 2. The number of anilines is 2. The van der Waals surface area contributed by atoms with E-state index in [0.29, 0.717) is 17.5 Å². The zero-order valence-electron chi connectivity index (χ0n) is 23.6. The smallest absolute Gasteiger partial charge is 0.255 e. The lowest BCUT2D eigenvalue weighted by molar-refractivity contribution is 0.0239. The highest BCUT2D eigenvalue weighted by molar-refractivity contribution is 6.04. The predicted octanol–water partition coefficient (Wildman–Crippen LogP) is 5.71. The van der Waals surface area contributed by atoms with Crippen molar-refractivity contribution >= 4 is 17.3 Å². The van der Waals surface area contributed by atoms with Gasteiger partial charge < -0.3 is 19.7 Å². The number of carbonyl (C=O) groups excluding carboxylic acids is 1. The van der Waals surface area contributed by atoms with Crippen molar-refractivity contribution in [2.75, 3.05) is 49.6 Å². The number of hydrogen-bond donors (Lipinski definition) is 1. The first-order valence-corrected chi connectivity index (χ1v) is 14.1. The molecular formula is C32H40N4O3. The van der Waals surface area contributed by atoms with Crippen molar-refractivity contribution in [3.63, 3.8) is 0 Å². The molecule has 0 unspecified atom stereocenters. The van der Waals surface area contributed by atoms with Gasteiger partial charge in [0, 0.05) is 68.1 Å². The van der Waals surface area contributed by atoms with Crippen LogP contribution < -0.4 is 15.0 Å². The maximum Gasteiger partial charge on any atom is 0.255 e. The van der Waals surface area contributed by atoms with Crippen LogP contribution in [-0.2, 0) is 4.74 Å². The summed E-state index contributed by atoms with van der Waals surface area (Å²) in [5.41, 5.74) is 6.69.